The summed E-state index contributed by atoms with van der Waals surface area (Å²) in [6.45, 7) is 6.88. The fourth-order valence-electron chi connectivity index (χ4n) is 3.70. The van der Waals surface area contributed by atoms with Gasteiger partial charge in [-0.05, 0) is 48.9 Å². The highest BCUT2D eigenvalue weighted by Gasteiger charge is 2.20. The van der Waals surface area contributed by atoms with Crippen molar-refractivity contribution in [3.63, 3.8) is 0 Å². The molecule has 1 heterocycles. The monoisotopic (exact) mass is 428 g/mol. The Morgan fingerprint density at radius 1 is 0.968 bits per heavy atom. The van der Waals surface area contributed by atoms with Crippen LogP contribution < -0.4 is 14.2 Å². The molecule has 1 saturated heterocycles. The number of piperazine rings is 1. The molecule has 0 aliphatic carbocycles. The molecule has 1 aliphatic heterocycles. The lowest BCUT2D eigenvalue weighted by molar-refractivity contribution is 0.0446. The summed E-state index contributed by atoms with van der Waals surface area (Å²) < 4.78 is 16.4. The van der Waals surface area contributed by atoms with Crippen molar-refractivity contribution in [1.29, 1.82) is 0 Å². The van der Waals surface area contributed by atoms with Crippen LogP contribution in [0.15, 0.2) is 42.5 Å². The van der Waals surface area contributed by atoms with Crippen molar-refractivity contribution >= 4 is 5.78 Å². The van der Waals surface area contributed by atoms with E-state index in [4.69, 9.17) is 14.2 Å². The standard InChI is InChI=1S/C24H32N2O5/c1-18(27)20-5-7-22(8-6-20)31-17-21(28)16-26-12-10-25(11-13-26)15-19-4-9-23(29-2)24(14-19)30-3/h4-9,14,21,28H,10-13,15-17H2,1-3H3. The molecule has 1 N–H and O–H groups in total. The van der Waals surface area contributed by atoms with Crippen LogP contribution in [0.4, 0.5) is 0 Å². The fraction of sp³-hybridized carbons (Fsp3) is 0.458. The molecule has 2 aromatic rings. The second-order valence-corrected chi connectivity index (χ2v) is 7.81. The van der Waals surface area contributed by atoms with Gasteiger partial charge in [-0.2, -0.15) is 0 Å². The van der Waals surface area contributed by atoms with Gasteiger partial charge in [0.2, 0.25) is 0 Å². The normalized spacial score (nSPS) is 16.0. The van der Waals surface area contributed by atoms with Crippen LogP contribution in [0.5, 0.6) is 17.2 Å². The van der Waals surface area contributed by atoms with Crippen LogP contribution in [0.25, 0.3) is 0 Å². The summed E-state index contributed by atoms with van der Waals surface area (Å²) in [7, 11) is 3.29. The van der Waals surface area contributed by atoms with Crippen LogP contribution in [0.2, 0.25) is 0 Å². The number of β-amino-alcohol motifs (C(OH)–C–C–N with tert-alkyl or cyclic N) is 1. The van der Waals surface area contributed by atoms with E-state index in [1.54, 1.807) is 38.5 Å². The van der Waals surface area contributed by atoms with Gasteiger partial charge in [0.25, 0.3) is 0 Å². The zero-order valence-electron chi connectivity index (χ0n) is 18.5. The van der Waals surface area contributed by atoms with Crippen LogP contribution in [-0.2, 0) is 6.54 Å². The van der Waals surface area contributed by atoms with Gasteiger partial charge >= 0.3 is 0 Å². The SMILES string of the molecule is COc1ccc(CN2CCN(CC(O)COc3ccc(C(C)=O)cc3)CC2)cc1OC. The highest BCUT2D eigenvalue weighted by molar-refractivity contribution is 5.94. The Morgan fingerprint density at radius 2 is 1.61 bits per heavy atom. The van der Waals surface area contributed by atoms with Gasteiger partial charge in [0.05, 0.1) is 14.2 Å². The van der Waals surface area contributed by atoms with E-state index >= 15 is 0 Å². The largest absolute Gasteiger partial charge is 0.493 e. The first-order valence-corrected chi connectivity index (χ1v) is 10.6. The van der Waals surface area contributed by atoms with E-state index in [0.29, 0.717) is 17.9 Å². The first-order valence-electron chi connectivity index (χ1n) is 10.6. The molecule has 0 bridgehead atoms. The van der Waals surface area contributed by atoms with Gasteiger partial charge in [0.15, 0.2) is 17.3 Å². The number of hydrogen-bond acceptors (Lipinski definition) is 7. The van der Waals surface area contributed by atoms with Crippen LogP contribution >= 0.6 is 0 Å². The number of Topliss-reactive ketones (excluding diaryl/α,β-unsaturated/α-hetero) is 1. The van der Waals surface area contributed by atoms with Gasteiger partial charge < -0.3 is 19.3 Å². The summed E-state index contributed by atoms with van der Waals surface area (Å²) in [6, 6.07) is 13.0. The lowest BCUT2D eigenvalue weighted by atomic mass is 10.1. The van der Waals surface area contributed by atoms with Gasteiger partial charge in [-0.25, -0.2) is 0 Å². The number of methoxy groups -OCH3 is 2. The highest BCUT2D eigenvalue weighted by Crippen LogP contribution is 2.28. The van der Waals surface area contributed by atoms with E-state index < -0.39 is 6.10 Å². The second kappa shape index (κ2) is 11.1. The molecule has 0 aromatic heterocycles. The number of ketones is 1. The predicted octanol–water partition coefficient (Wildman–Crippen LogP) is 2.46. The van der Waals surface area contributed by atoms with Gasteiger partial charge in [-0.15, -0.1) is 0 Å². The summed E-state index contributed by atoms with van der Waals surface area (Å²) in [6.07, 6.45) is -0.565. The topological polar surface area (TPSA) is 71.5 Å². The number of ether oxygens (including phenoxy) is 3. The molecular weight excluding hydrogens is 396 g/mol. The van der Waals surface area contributed by atoms with Crippen LogP contribution in [0, 0.1) is 0 Å². The third-order valence-corrected chi connectivity index (χ3v) is 5.49. The minimum absolute atomic E-state index is 0.0249. The van der Waals surface area contributed by atoms with Gasteiger partial charge in [0, 0.05) is 44.8 Å². The molecule has 31 heavy (non-hydrogen) atoms. The number of carbonyl (C=O) groups excluding carboxylic acids is 1. The average molecular weight is 429 g/mol. The van der Waals surface area contributed by atoms with E-state index in [1.807, 2.05) is 12.1 Å². The van der Waals surface area contributed by atoms with E-state index in [0.717, 1.165) is 44.2 Å². The third-order valence-electron chi connectivity index (χ3n) is 5.49. The quantitative estimate of drug-likeness (QED) is 0.583. The summed E-state index contributed by atoms with van der Waals surface area (Å²) in [4.78, 5) is 16.0. The van der Waals surface area contributed by atoms with Gasteiger partial charge in [0.1, 0.15) is 18.5 Å². The molecular formula is C24H32N2O5. The number of rotatable bonds is 10. The molecule has 0 amide bonds. The molecule has 168 valence electrons. The van der Waals surface area contributed by atoms with Crippen LogP contribution in [0.1, 0.15) is 22.8 Å². The van der Waals surface area contributed by atoms with Gasteiger partial charge in [-0.1, -0.05) is 6.07 Å². The summed E-state index contributed by atoms with van der Waals surface area (Å²) in [5, 5.41) is 10.4. The fourth-order valence-corrected chi connectivity index (χ4v) is 3.70. The number of benzene rings is 2. The Labute approximate surface area is 184 Å². The third kappa shape index (κ3) is 6.69. The molecule has 2 aromatic carbocycles. The minimum Gasteiger partial charge on any atom is -0.493 e. The maximum atomic E-state index is 11.3. The maximum absolute atomic E-state index is 11.3. The van der Waals surface area contributed by atoms with Crippen LogP contribution in [0.3, 0.4) is 0 Å². The molecule has 1 atom stereocenters. The lowest BCUT2D eigenvalue weighted by Crippen LogP contribution is -2.48. The lowest BCUT2D eigenvalue weighted by Gasteiger charge is -2.35. The van der Waals surface area contributed by atoms with Gasteiger partial charge in [-0.3, -0.25) is 14.6 Å². The van der Waals surface area contributed by atoms with Crippen molar-refractivity contribution < 1.29 is 24.1 Å². The molecule has 7 heteroatoms. The van der Waals surface area contributed by atoms with Crippen molar-refractivity contribution in [2.75, 3.05) is 53.6 Å². The maximum Gasteiger partial charge on any atom is 0.161 e. The Kier molecular flexibility index (Phi) is 8.28. The molecule has 7 nitrogen and oxygen atoms in total. The van der Waals surface area contributed by atoms with Crippen molar-refractivity contribution in [3.05, 3.63) is 53.6 Å². The number of aliphatic hydroxyl groups is 1. The molecule has 1 unspecified atom stereocenters. The molecule has 1 fully saturated rings. The molecule has 1 aliphatic rings. The number of hydrogen-bond donors (Lipinski definition) is 1. The van der Waals surface area contributed by atoms with Crippen molar-refractivity contribution in [2.45, 2.75) is 19.6 Å². The number of nitrogens with zero attached hydrogens (tertiary/aromatic N) is 2. The zero-order valence-corrected chi connectivity index (χ0v) is 18.5. The van der Waals surface area contributed by atoms with Crippen molar-refractivity contribution in [1.82, 2.24) is 9.80 Å². The Bertz CT molecular complexity index is 848. The number of carbonyl (C=O) groups is 1. The molecule has 0 saturated carbocycles. The first-order chi connectivity index (χ1) is 15.0. The molecule has 0 spiro atoms. The summed E-state index contributed by atoms with van der Waals surface area (Å²) in [5.74, 6) is 2.17. The predicted molar refractivity (Wildman–Crippen MR) is 119 cm³/mol. The molecule has 3 rings (SSSR count). The number of aliphatic hydroxyl groups excluding tert-OH is 1. The van der Waals surface area contributed by atoms with E-state index in [-0.39, 0.29) is 12.4 Å². The second-order valence-electron chi connectivity index (χ2n) is 7.81. The molecule has 0 radical (unpaired) electrons. The summed E-state index contributed by atoms with van der Waals surface area (Å²) in [5.41, 5.74) is 1.84. The van der Waals surface area contributed by atoms with Crippen molar-refractivity contribution in [2.24, 2.45) is 0 Å². The van der Waals surface area contributed by atoms with Crippen molar-refractivity contribution in [3.8, 4) is 17.2 Å². The van der Waals surface area contributed by atoms with E-state index in [9.17, 15) is 9.90 Å². The zero-order chi connectivity index (χ0) is 22.2. The highest BCUT2D eigenvalue weighted by atomic mass is 16.5. The average Bonchev–Trinajstić information content (AvgIpc) is 2.79. The van der Waals surface area contributed by atoms with E-state index in [1.165, 1.54) is 12.5 Å². The first kappa shape index (κ1) is 23.1. The Balaban J connectivity index is 1.40. The Morgan fingerprint density at radius 3 is 2.23 bits per heavy atom. The summed E-state index contributed by atoms with van der Waals surface area (Å²) >= 11 is 0. The smallest absolute Gasteiger partial charge is 0.161 e. The van der Waals surface area contributed by atoms with E-state index in [2.05, 4.69) is 15.9 Å². The Hall–Kier alpha value is -2.61. The van der Waals surface area contributed by atoms with Crippen LogP contribution in [-0.4, -0.2) is 80.3 Å². The minimum atomic E-state index is -0.565.